The maximum Gasteiger partial charge on any atom is 0.160 e. The molecule has 0 heterocycles. The number of ketones is 1. The molecule has 0 saturated carbocycles. The molecule has 3 nitrogen and oxygen atoms in total. The van der Waals surface area contributed by atoms with Crippen molar-refractivity contribution in [3.63, 3.8) is 0 Å². The lowest BCUT2D eigenvalue weighted by Gasteiger charge is -2.05. The molecule has 0 atom stereocenters. The van der Waals surface area contributed by atoms with Crippen LogP contribution in [0.15, 0.2) is 18.2 Å². The zero-order valence-corrected chi connectivity index (χ0v) is 11.1. The Morgan fingerprint density at radius 3 is 2.53 bits per heavy atom. The fraction of sp³-hybridized carbons (Fsp3) is 0.500. The van der Waals surface area contributed by atoms with Gasteiger partial charge in [-0.25, -0.2) is 0 Å². The van der Waals surface area contributed by atoms with Gasteiger partial charge in [0.05, 0.1) is 7.11 Å². The summed E-state index contributed by atoms with van der Waals surface area (Å²) >= 11 is 0. The number of aromatic hydroxyl groups is 1. The first-order chi connectivity index (χ1) is 8.17. The van der Waals surface area contributed by atoms with E-state index in [9.17, 15) is 9.90 Å². The molecule has 0 fully saturated rings. The standard InChI is InChI=1S/C12H16O3.C2H6/c1-3-10(13)6-4-9-5-7-11(14)12(8-9)15-2;1-2/h5,7-8,14H,3-4,6H2,1-2H3;1-2H3. The summed E-state index contributed by atoms with van der Waals surface area (Å²) in [4.78, 5) is 11.1. The Balaban J connectivity index is 0.00000121. The normalized spacial score (nSPS) is 9.18. The molecule has 0 aliphatic carbocycles. The summed E-state index contributed by atoms with van der Waals surface area (Å²) in [6.45, 7) is 5.86. The van der Waals surface area contributed by atoms with E-state index in [1.54, 1.807) is 18.2 Å². The van der Waals surface area contributed by atoms with Crippen LogP contribution < -0.4 is 4.74 Å². The van der Waals surface area contributed by atoms with E-state index in [1.807, 2.05) is 20.8 Å². The van der Waals surface area contributed by atoms with Crippen LogP contribution in [0.3, 0.4) is 0 Å². The molecule has 0 spiro atoms. The van der Waals surface area contributed by atoms with Gasteiger partial charge < -0.3 is 9.84 Å². The number of phenolic OH excluding ortho intramolecular Hbond substituents is 1. The Morgan fingerprint density at radius 2 is 2.00 bits per heavy atom. The molecule has 0 aliphatic rings. The number of aryl methyl sites for hydroxylation is 1. The summed E-state index contributed by atoms with van der Waals surface area (Å²) in [7, 11) is 1.51. The zero-order chi connectivity index (χ0) is 13.3. The molecule has 0 aliphatic heterocycles. The third kappa shape index (κ3) is 5.38. The van der Waals surface area contributed by atoms with Crippen LogP contribution in [0.2, 0.25) is 0 Å². The lowest BCUT2D eigenvalue weighted by molar-refractivity contribution is -0.118. The van der Waals surface area contributed by atoms with Crippen molar-refractivity contribution in [2.24, 2.45) is 0 Å². The highest BCUT2D eigenvalue weighted by Gasteiger charge is 2.04. The van der Waals surface area contributed by atoms with Gasteiger partial charge in [-0.1, -0.05) is 26.8 Å². The number of methoxy groups -OCH3 is 1. The fourth-order valence-corrected chi connectivity index (χ4v) is 1.34. The smallest absolute Gasteiger partial charge is 0.160 e. The Hall–Kier alpha value is -1.51. The first kappa shape index (κ1) is 15.5. The Bertz CT molecular complexity index is 345. The average molecular weight is 238 g/mol. The highest BCUT2D eigenvalue weighted by Crippen LogP contribution is 2.26. The zero-order valence-electron chi connectivity index (χ0n) is 11.1. The fourth-order valence-electron chi connectivity index (χ4n) is 1.34. The van der Waals surface area contributed by atoms with E-state index >= 15 is 0 Å². The number of Topliss-reactive ketones (excluding diaryl/α,β-unsaturated/α-hetero) is 1. The molecule has 0 aromatic heterocycles. The maximum absolute atomic E-state index is 11.1. The molecular formula is C14H22O3. The van der Waals surface area contributed by atoms with Crippen LogP contribution in [-0.2, 0) is 11.2 Å². The van der Waals surface area contributed by atoms with Crippen LogP contribution in [0.1, 0.15) is 39.2 Å². The van der Waals surface area contributed by atoms with Crippen molar-refractivity contribution < 1.29 is 14.6 Å². The summed E-state index contributed by atoms with van der Waals surface area (Å²) in [6.07, 6.45) is 1.82. The van der Waals surface area contributed by atoms with Crippen molar-refractivity contribution >= 4 is 5.78 Å². The Kier molecular flexibility index (Phi) is 7.85. The molecule has 1 rings (SSSR count). The van der Waals surface area contributed by atoms with Gasteiger partial charge in [0.1, 0.15) is 5.78 Å². The summed E-state index contributed by atoms with van der Waals surface area (Å²) in [5.74, 6) is 0.835. The topological polar surface area (TPSA) is 46.5 Å². The van der Waals surface area contributed by atoms with Gasteiger partial charge in [-0.05, 0) is 24.1 Å². The molecule has 0 amide bonds. The highest BCUT2D eigenvalue weighted by atomic mass is 16.5. The number of carbonyl (C=O) groups excluding carboxylic acids is 1. The van der Waals surface area contributed by atoms with Crippen molar-refractivity contribution in [3.8, 4) is 11.5 Å². The minimum atomic E-state index is 0.128. The van der Waals surface area contributed by atoms with Crippen LogP contribution in [0.4, 0.5) is 0 Å². The highest BCUT2D eigenvalue weighted by molar-refractivity contribution is 5.78. The van der Waals surface area contributed by atoms with E-state index in [0.29, 0.717) is 25.0 Å². The third-order valence-corrected chi connectivity index (χ3v) is 2.33. The molecule has 17 heavy (non-hydrogen) atoms. The van der Waals surface area contributed by atoms with Gasteiger partial charge in [0.25, 0.3) is 0 Å². The molecule has 1 N–H and O–H groups in total. The van der Waals surface area contributed by atoms with Gasteiger partial charge in [-0.2, -0.15) is 0 Å². The van der Waals surface area contributed by atoms with Crippen LogP contribution in [0.25, 0.3) is 0 Å². The molecule has 0 radical (unpaired) electrons. The molecule has 1 aromatic carbocycles. The number of phenols is 1. The largest absolute Gasteiger partial charge is 0.504 e. The first-order valence-electron chi connectivity index (χ1n) is 6.05. The quantitative estimate of drug-likeness (QED) is 0.855. The number of hydrogen-bond donors (Lipinski definition) is 1. The van der Waals surface area contributed by atoms with E-state index in [2.05, 4.69) is 0 Å². The second kappa shape index (κ2) is 8.62. The van der Waals surface area contributed by atoms with Crippen molar-refractivity contribution in [1.82, 2.24) is 0 Å². The molecule has 96 valence electrons. The number of carbonyl (C=O) groups is 1. The van der Waals surface area contributed by atoms with Gasteiger partial charge in [0, 0.05) is 12.8 Å². The number of benzene rings is 1. The van der Waals surface area contributed by atoms with E-state index < -0.39 is 0 Å². The molecule has 0 saturated heterocycles. The van der Waals surface area contributed by atoms with Gasteiger partial charge in [-0.3, -0.25) is 4.79 Å². The Labute approximate surface area is 103 Å². The van der Waals surface area contributed by atoms with Gasteiger partial charge in [0.15, 0.2) is 11.5 Å². The van der Waals surface area contributed by atoms with Gasteiger partial charge in [-0.15, -0.1) is 0 Å². The maximum atomic E-state index is 11.1. The molecular weight excluding hydrogens is 216 g/mol. The average Bonchev–Trinajstić information content (AvgIpc) is 2.39. The minimum absolute atomic E-state index is 0.128. The van der Waals surface area contributed by atoms with Gasteiger partial charge >= 0.3 is 0 Å². The second-order valence-corrected chi connectivity index (χ2v) is 3.40. The van der Waals surface area contributed by atoms with E-state index in [4.69, 9.17) is 4.74 Å². The van der Waals surface area contributed by atoms with Crippen LogP contribution in [0, 0.1) is 0 Å². The monoisotopic (exact) mass is 238 g/mol. The van der Waals surface area contributed by atoms with Gasteiger partial charge in [0.2, 0.25) is 0 Å². The predicted octanol–water partition coefficient (Wildman–Crippen LogP) is 3.34. The number of rotatable bonds is 5. The van der Waals surface area contributed by atoms with Crippen molar-refractivity contribution in [3.05, 3.63) is 23.8 Å². The number of ether oxygens (including phenoxy) is 1. The molecule has 0 bridgehead atoms. The van der Waals surface area contributed by atoms with Crippen LogP contribution >= 0.6 is 0 Å². The predicted molar refractivity (Wildman–Crippen MR) is 69.6 cm³/mol. The summed E-state index contributed by atoms with van der Waals surface area (Å²) < 4.78 is 4.98. The third-order valence-electron chi connectivity index (χ3n) is 2.33. The first-order valence-corrected chi connectivity index (χ1v) is 6.05. The molecule has 0 unspecified atom stereocenters. The summed E-state index contributed by atoms with van der Waals surface area (Å²) in [6, 6.07) is 5.16. The molecule has 3 heteroatoms. The Morgan fingerprint density at radius 1 is 1.35 bits per heavy atom. The summed E-state index contributed by atoms with van der Waals surface area (Å²) in [5, 5.41) is 9.37. The second-order valence-electron chi connectivity index (χ2n) is 3.40. The van der Waals surface area contributed by atoms with Crippen molar-refractivity contribution in [1.29, 1.82) is 0 Å². The van der Waals surface area contributed by atoms with Crippen molar-refractivity contribution in [2.45, 2.75) is 40.0 Å². The van der Waals surface area contributed by atoms with Crippen molar-refractivity contribution in [2.75, 3.05) is 7.11 Å². The lowest BCUT2D eigenvalue weighted by atomic mass is 10.1. The van der Waals surface area contributed by atoms with Crippen LogP contribution in [-0.4, -0.2) is 18.0 Å². The lowest BCUT2D eigenvalue weighted by Crippen LogP contribution is -1.98. The van der Waals surface area contributed by atoms with E-state index in [1.165, 1.54) is 7.11 Å². The van der Waals surface area contributed by atoms with E-state index in [-0.39, 0.29) is 11.5 Å². The molecule has 1 aromatic rings. The summed E-state index contributed by atoms with van der Waals surface area (Å²) in [5.41, 5.74) is 1.01. The van der Waals surface area contributed by atoms with Crippen LogP contribution in [0.5, 0.6) is 11.5 Å². The SMILES string of the molecule is CC.CCC(=O)CCc1ccc(O)c(OC)c1. The number of hydrogen-bond acceptors (Lipinski definition) is 3. The van der Waals surface area contributed by atoms with E-state index in [0.717, 1.165) is 5.56 Å². The minimum Gasteiger partial charge on any atom is -0.504 e.